The number of amides is 1. The van der Waals surface area contributed by atoms with Gasteiger partial charge in [-0.05, 0) is 42.3 Å². The van der Waals surface area contributed by atoms with Crippen LogP contribution in [0.2, 0.25) is 0 Å². The Balaban J connectivity index is 1.33. The van der Waals surface area contributed by atoms with Crippen molar-refractivity contribution in [1.82, 2.24) is 15.3 Å². The van der Waals surface area contributed by atoms with Gasteiger partial charge in [0.1, 0.15) is 5.82 Å². The summed E-state index contributed by atoms with van der Waals surface area (Å²) in [7, 11) is 0. The molecule has 0 saturated carbocycles. The summed E-state index contributed by atoms with van der Waals surface area (Å²) < 4.78 is 0. The molecule has 1 amide bonds. The van der Waals surface area contributed by atoms with E-state index in [2.05, 4.69) is 26.7 Å². The molecule has 0 radical (unpaired) electrons. The zero-order chi connectivity index (χ0) is 18.5. The van der Waals surface area contributed by atoms with Gasteiger partial charge in [0.25, 0.3) is 5.91 Å². The number of hydrogen-bond acceptors (Lipinski definition) is 3. The maximum atomic E-state index is 12.3. The highest BCUT2D eigenvalue weighted by Crippen LogP contribution is 2.18. The minimum Gasteiger partial charge on any atom is -0.361 e. The Bertz CT molecular complexity index is 1040. The lowest BCUT2D eigenvalue weighted by Gasteiger charge is -2.07. The van der Waals surface area contributed by atoms with Crippen molar-refractivity contribution in [3.05, 3.63) is 90.3 Å². The summed E-state index contributed by atoms with van der Waals surface area (Å²) in [6, 6.07) is 21.6. The molecular formula is C22H20N4O. The maximum absolute atomic E-state index is 12.3. The fraction of sp³-hybridized carbons (Fsp3) is 0.0909. The Morgan fingerprint density at radius 2 is 1.78 bits per heavy atom. The molecule has 0 aliphatic heterocycles. The second-order valence-electron chi connectivity index (χ2n) is 6.29. The van der Waals surface area contributed by atoms with Crippen molar-refractivity contribution in [3.8, 4) is 0 Å². The van der Waals surface area contributed by atoms with E-state index in [0.717, 1.165) is 17.6 Å². The third kappa shape index (κ3) is 3.98. The van der Waals surface area contributed by atoms with E-state index in [1.807, 2.05) is 60.8 Å². The number of H-pyrrole nitrogens is 1. The predicted molar refractivity (Wildman–Crippen MR) is 108 cm³/mol. The fourth-order valence-electron chi connectivity index (χ4n) is 3.02. The number of fused-ring (bicyclic) bond motifs is 1. The molecule has 5 heteroatoms. The summed E-state index contributed by atoms with van der Waals surface area (Å²) in [5.74, 6) is 0.588. The van der Waals surface area contributed by atoms with Crippen LogP contribution in [0, 0.1) is 0 Å². The van der Waals surface area contributed by atoms with Gasteiger partial charge in [-0.15, -0.1) is 0 Å². The van der Waals surface area contributed by atoms with Gasteiger partial charge in [0, 0.05) is 35.5 Å². The van der Waals surface area contributed by atoms with Crippen LogP contribution in [0.3, 0.4) is 0 Å². The van der Waals surface area contributed by atoms with Crippen molar-refractivity contribution in [3.63, 3.8) is 0 Å². The molecule has 0 fully saturated rings. The summed E-state index contributed by atoms with van der Waals surface area (Å²) in [4.78, 5) is 19.9. The molecule has 5 nitrogen and oxygen atoms in total. The topological polar surface area (TPSA) is 69.8 Å². The molecule has 2 heterocycles. The molecule has 27 heavy (non-hydrogen) atoms. The Morgan fingerprint density at radius 1 is 0.963 bits per heavy atom. The second-order valence-corrected chi connectivity index (χ2v) is 6.29. The fourth-order valence-corrected chi connectivity index (χ4v) is 3.02. The summed E-state index contributed by atoms with van der Waals surface area (Å²) in [6.45, 7) is 0.574. The molecule has 0 aliphatic rings. The average molecular weight is 356 g/mol. The van der Waals surface area contributed by atoms with Gasteiger partial charge in [-0.2, -0.15) is 0 Å². The lowest BCUT2D eigenvalue weighted by Crippen LogP contribution is -2.25. The van der Waals surface area contributed by atoms with Gasteiger partial charge in [-0.3, -0.25) is 4.79 Å². The number of hydrogen-bond donors (Lipinski definition) is 3. The number of carbonyl (C=O) groups is 1. The van der Waals surface area contributed by atoms with E-state index < -0.39 is 0 Å². The van der Waals surface area contributed by atoms with Crippen LogP contribution in [-0.4, -0.2) is 22.4 Å². The molecule has 4 rings (SSSR count). The van der Waals surface area contributed by atoms with Crippen LogP contribution < -0.4 is 10.6 Å². The van der Waals surface area contributed by atoms with Crippen molar-refractivity contribution >= 4 is 28.3 Å². The lowest BCUT2D eigenvalue weighted by atomic mass is 10.1. The van der Waals surface area contributed by atoms with Gasteiger partial charge in [0.05, 0.1) is 5.56 Å². The molecule has 0 aliphatic carbocycles. The van der Waals surface area contributed by atoms with Gasteiger partial charge >= 0.3 is 0 Å². The molecule has 4 aromatic rings. The Morgan fingerprint density at radius 3 is 2.59 bits per heavy atom. The van der Waals surface area contributed by atoms with Crippen LogP contribution >= 0.6 is 0 Å². The third-order valence-electron chi connectivity index (χ3n) is 4.43. The van der Waals surface area contributed by atoms with Crippen LogP contribution in [0.5, 0.6) is 0 Å². The van der Waals surface area contributed by atoms with Crippen molar-refractivity contribution < 1.29 is 4.79 Å². The number of benzene rings is 2. The first kappa shape index (κ1) is 16.8. The predicted octanol–water partition coefficient (Wildman–Crippen LogP) is 4.28. The molecular weight excluding hydrogens is 336 g/mol. The van der Waals surface area contributed by atoms with Crippen LogP contribution in [0.15, 0.2) is 79.1 Å². The van der Waals surface area contributed by atoms with E-state index >= 15 is 0 Å². The molecule has 134 valence electrons. The molecule has 0 unspecified atom stereocenters. The van der Waals surface area contributed by atoms with E-state index in [-0.39, 0.29) is 5.91 Å². The smallest absolute Gasteiger partial charge is 0.252 e. The highest BCUT2D eigenvalue weighted by atomic mass is 16.1. The molecule has 0 bridgehead atoms. The SMILES string of the molecule is O=C(NCCc1c[nH]c2ccccc12)c1ccc(Nc2ccccc2)nc1. The first-order valence-corrected chi connectivity index (χ1v) is 8.91. The summed E-state index contributed by atoms with van der Waals surface area (Å²) in [5, 5.41) is 7.36. The normalized spacial score (nSPS) is 10.7. The number of carbonyl (C=O) groups excluding carboxylic acids is 1. The maximum Gasteiger partial charge on any atom is 0.252 e. The van der Waals surface area contributed by atoms with Gasteiger partial charge in [-0.1, -0.05) is 36.4 Å². The summed E-state index contributed by atoms with van der Waals surface area (Å²) in [5.41, 5.74) is 3.82. The third-order valence-corrected chi connectivity index (χ3v) is 4.43. The highest BCUT2D eigenvalue weighted by molar-refractivity contribution is 5.94. The average Bonchev–Trinajstić information content (AvgIpc) is 3.12. The number of rotatable bonds is 6. The second kappa shape index (κ2) is 7.74. The van der Waals surface area contributed by atoms with Crippen molar-refractivity contribution in [2.75, 3.05) is 11.9 Å². The standard InChI is InChI=1S/C22H20N4O/c27-22(23-13-12-16-14-24-20-9-5-4-8-19(16)20)17-10-11-21(25-15-17)26-18-6-2-1-3-7-18/h1-11,14-15,24H,12-13H2,(H,23,27)(H,25,26). The Kier molecular flexibility index (Phi) is 4.83. The van der Waals surface area contributed by atoms with E-state index in [9.17, 15) is 4.79 Å². The van der Waals surface area contributed by atoms with Crippen LogP contribution in [0.25, 0.3) is 10.9 Å². The number of aromatic amines is 1. The van der Waals surface area contributed by atoms with Gasteiger partial charge < -0.3 is 15.6 Å². The number of nitrogens with zero attached hydrogens (tertiary/aromatic N) is 1. The van der Waals surface area contributed by atoms with E-state index in [1.54, 1.807) is 12.3 Å². The lowest BCUT2D eigenvalue weighted by molar-refractivity contribution is 0.0954. The van der Waals surface area contributed by atoms with Crippen LogP contribution in [0.1, 0.15) is 15.9 Å². The van der Waals surface area contributed by atoms with E-state index in [1.165, 1.54) is 10.9 Å². The van der Waals surface area contributed by atoms with Crippen LogP contribution in [-0.2, 0) is 6.42 Å². The molecule has 2 aromatic heterocycles. The quantitative estimate of drug-likeness (QED) is 0.483. The van der Waals surface area contributed by atoms with Crippen molar-refractivity contribution in [1.29, 1.82) is 0 Å². The summed E-state index contributed by atoms with van der Waals surface area (Å²) >= 11 is 0. The van der Waals surface area contributed by atoms with Gasteiger partial charge in [0.2, 0.25) is 0 Å². The highest BCUT2D eigenvalue weighted by Gasteiger charge is 2.07. The molecule has 2 aromatic carbocycles. The number of anilines is 2. The number of nitrogens with one attached hydrogen (secondary N) is 3. The molecule has 0 saturated heterocycles. The zero-order valence-corrected chi connectivity index (χ0v) is 14.8. The van der Waals surface area contributed by atoms with Gasteiger partial charge in [-0.25, -0.2) is 4.98 Å². The van der Waals surface area contributed by atoms with Crippen LogP contribution in [0.4, 0.5) is 11.5 Å². The van der Waals surface area contributed by atoms with Crippen molar-refractivity contribution in [2.45, 2.75) is 6.42 Å². The largest absolute Gasteiger partial charge is 0.361 e. The Hall–Kier alpha value is -3.60. The number of aromatic nitrogens is 2. The molecule has 0 spiro atoms. The zero-order valence-electron chi connectivity index (χ0n) is 14.8. The van der Waals surface area contributed by atoms with E-state index in [0.29, 0.717) is 17.9 Å². The monoisotopic (exact) mass is 356 g/mol. The molecule has 3 N–H and O–H groups in total. The van der Waals surface area contributed by atoms with Gasteiger partial charge in [0.15, 0.2) is 0 Å². The first-order chi connectivity index (χ1) is 13.3. The molecule has 0 atom stereocenters. The minimum atomic E-state index is -0.117. The number of para-hydroxylation sites is 2. The minimum absolute atomic E-state index is 0.117. The van der Waals surface area contributed by atoms with E-state index in [4.69, 9.17) is 0 Å². The first-order valence-electron chi connectivity index (χ1n) is 8.91. The van der Waals surface area contributed by atoms with Crippen molar-refractivity contribution in [2.24, 2.45) is 0 Å². The number of pyridine rings is 1. The Labute approximate surface area is 157 Å². The summed E-state index contributed by atoms with van der Waals surface area (Å²) in [6.07, 6.45) is 4.37.